The molecule has 0 radical (unpaired) electrons. The van der Waals surface area contributed by atoms with Crippen LogP contribution in [0.1, 0.15) is 30.1 Å². The van der Waals surface area contributed by atoms with E-state index in [2.05, 4.69) is 18.1 Å². The van der Waals surface area contributed by atoms with Crippen LogP contribution in [0.2, 0.25) is 0 Å². The van der Waals surface area contributed by atoms with E-state index < -0.39 is 0 Å². The highest BCUT2D eigenvalue weighted by atomic mass is 32.2. The molecule has 2 rings (SSSR count). The van der Waals surface area contributed by atoms with Crippen molar-refractivity contribution in [3.8, 4) is 0 Å². The van der Waals surface area contributed by atoms with Gasteiger partial charge in [0.25, 0.3) is 0 Å². The summed E-state index contributed by atoms with van der Waals surface area (Å²) in [5.41, 5.74) is 0.867. The summed E-state index contributed by atoms with van der Waals surface area (Å²) in [7, 11) is 0. The summed E-state index contributed by atoms with van der Waals surface area (Å²) >= 11 is 1.88. The average molecular weight is 277 g/mol. The van der Waals surface area contributed by atoms with Gasteiger partial charge in [0, 0.05) is 29.8 Å². The van der Waals surface area contributed by atoms with Crippen LogP contribution < -0.4 is 0 Å². The molecular weight excluding hydrogens is 254 g/mol. The predicted molar refractivity (Wildman–Crippen MR) is 82.9 cm³/mol. The van der Waals surface area contributed by atoms with Gasteiger partial charge in [0.05, 0.1) is 0 Å². The minimum atomic E-state index is 0.181. The van der Waals surface area contributed by atoms with Gasteiger partial charge in [0.15, 0.2) is 5.78 Å². The number of nitrogens with zero attached hydrogens (tertiary/aromatic N) is 1. The van der Waals surface area contributed by atoms with Crippen molar-refractivity contribution in [2.45, 2.75) is 25.8 Å². The minimum absolute atomic E-state index is 0.181. The van der Waals surface area contributed by atoms with E-state index in [4.69, 9.17) is 0 Å². The normalized spacial score (nSPS) is 22.1. The van der Waals surface area contributed by atoms with Gasteiger partial charge < -0.3 is 0 Å². The second-order valence-electron chi connectivity index (χ2n) is 5.37. The van der Waals surface area contributed by atoms with E-state index in [1.807, 2.05) is 42.1 Å². The third-order valence-corrected chi connectivity index (χ3v) is 4.73. The van der Waals surface area contributed by atoms with E-state index in [9.17, 15) is 4.79 Å². The summed E-state index contributed by atoms with van der Waals surface area (Å²) in [4.78, 5) is 15.0. The van der Waals surface area contributed by atoms with Crippen molar-refractivity contribution in [3.05, 3.63) is 35.9 Å². The number of benzene rings is 1. The average Bonchev–Trinajstić information content (AvgIpc) is 2.48. The van der Waals surface area contributed by atoms with E-state index in [1.54, 1.807) is 0 Å². The van der Waals surface area contributed by atoms with E-state index >= 15 is 0 Å². The zero-order valence-corrected chi connectivity index (χ0v) is 12.7. The van der Waals surface area contributed by atoms with E-state index in [-0.39, 0.29) is 5.92 Å². The number of thioether (sulfide) groups is 1. The van der Waals surface area contributed by atoms with Crippen LogP contribution in [0.25, 0.3) is 0 Å². The lowest BCUT2D eigenvalue weighted by molar-refractivity contribution is 0.0784. The Morgan fingerprint density at radius 2 is 2.16 bits per heavy atom. The summed E-state index contributed by atoms with van der Waals surface area (Å²) in [6.07, 6.45) is 4.32. The van der Waals surface area contributed by atoms with Gasteiger partial charge in [-0.05, 0) is 32.6 Å². The Hall–Kier alpha value is -0.800. The summed E-state index contributed by atoms with van der Waals surface area (Å²) in [5, 5.41) is 0. The maximum atomic E-state index is 12.5. The van der Waals surface area contributed by atoms with Crippen LogP contribution in [-0.4, -0.2) is 41.8 Å². The smallest absolute Gasteiger partial charge is 0.167 e. The number of Topliss-reactive ketones (excluding diaryl/α,β-unsaturated/α-hetero) is 1. The molecule has 0 unspecified atom stereocenters. The first-order valence-electron chi connectivity index (χ1n) is 7.04. The number of piperidine rings is 1. The molecule has 2 nitrogen and oxygen atoms in total. The molecule has 1 heterocycles. The zero-order chi connectivity index (χ0) is 13.7. The van der Waals surface area contributed by atoms with Crippen LogP contribution in [0.4, 0.5) is 0 Å². The second-order valence-corrected chi connectivity index (χ2v) is 6.28. The maximum Gasteiger partial charge on any atom is 0.167 e. The van der Waals surface area contributed by atoms with E-state index in [0.29, 0.717) is 11.8 Å². The number of hydrogen-bond acceptors (Lipinski definition) is 3. The SMILES string of the molecule is CSC[C@@H](C)N1CCC[C@H](C(=O)c2ccccc2)C1. The molecule has 1 aromatic carbocycles. The lowest BCUT2D eigenvalue weighted by Crippen LogP contribution is -2.44. The van der Waals surface area contributed by atoms with Crippen LogP contribution in [0.5, 0.6) is 0 Å². The van der Waals surface area contributed by atoms with Crippen molar-refractivity contribution in [1.82, 2.24) is 4.90 Å². The lowest BCUT2D eigenvalue weighted by atomic mass is 9.89. The van der Waals surface area contributed by atoms with Crippen molar-refractivity contribution >= 4 is 17.5 Å². The fraction of sp³-hybridized carbons (Fsp3) is 0.562. The summed E-state index contributed by atoms with van der Waals surface area (Å²) < 4.78 is 0. The molecule has 1 aromatic rings. The van der Waals surface area contributed by atoms with Crippen LogP contribution in [0.3, 0.4) is 0 Å². The van der Waals surface area contributed by atoms with Crippen molar-refractivity contribution in [3.63, 3.8) is 0 Å². The molecule has 0 bridgehead atoms. The highest BCUT2D eigenvalue weighted by Gasteiger charge is 2.28. The molecule has 0 aliphatic carbocycles. The van der Waals surface area contributed by atoms with Crippen LogP contribution >= 0.6 is 11.8 Å². The standard InChI is InChI=1S/C16H23NOS/c1-13(12-19-2)17-10-6-9-15(11-17)16(18)14-7-4-3-5-8-14/h3-5,7-8,13,15H,6,9-12H2,1-2H3/t13-,15+/m1/s1. The molecular formula is C16H23NOS. The fourth-order valence-corrected chi connectivity index (χ4v) is 3.50. The molecule has 0 saturated carbocycles. The van der Waals surface area contributed by atoms with Crippen molar-refractivity contribution in [2.75, 3.05) is 25.1 Å². The lowest BCUT2D eigenvalue weighted by Gasteiger charge is -2.36. The molecule has 0 aromatic heterocycles. The van der Waals surface area contributed by atoms with Crippen molar-refractivity contribution in [1.29, 1.82) is 0 Å². The Kier molecular flexibility index (Phi) is 5.46. The third kappa shape index (κ3) is 3.83. The molecule has 0 spiro atoms. The molecule has 0 amide bonds. The highest BCUT2D eigenvalue weighted by molar-refractivity contribution is 7.98. The maximum absolute atomic E-state index is 12.5. The Morgan fingerprint density at radius 3 is 2.84 bits per heavy atom. The van der Waals surface area contributed by atoms with Crippen LogP contribution in [-0.2, 0) is 0 Å². The molecule has 2 atom stereocenters. The predicted octanol–water partition coefficient (Wildman–Crippen LogP) is 3.33. The number of carbonyl (C=O) groups excluding carboxylic acids is 1. The first kappa shape index (κ1) is 14.6. The zero-order valence-electron chi connectivity index (χ0n) is 11.8. The van der Waals surface area contributed by atoms with Gasteiger partial charge in [-0.25, -0.2) is 0 Å². The molecule has 3 heteroatoms. The van der Waals surface area contributed by atoms with Gasteiger partial charge in [-0.2, -0.15) is 11.8 Å². The van der Waals surface area contributed by atoms with Gasteiger partial charge in [-0.15, -0.1) is 0 Å². The van der Waals surface area contributed by atoms with Gasteiger partial charge in [0.2, 0.25) is 0 Å². The second kappa shape index (κ2) is 7.11. The number of likely N-dealkylation sites (tertiary alicyclic amines) is 1. The Labute approximate surface area is 120 Å². The first-order chi connectivity index (χ1) is 9.22. The quantitative estimate of drug-likeness (QED) is 0.770. The number of carbonyl (C=O) groups is 1. The summed E-state index contributed by atoms with van der Waals surface area (Å²) in [6, 6.07) is 10.3. The van der Waals surface area contributed by atoms with Crippen molar-refractivity contribution < 1.29 is 4.79 Å². The highest BCUT2D eigenvalue weighted by Crippen LogP contribution is 2.23. The van der Waals surface area contributed by atoms with E-state index in [1.165, 1.54) is 0 Å². The largest absolute Gasteiger partial charge is 0.299 e. The molecule has 19 heavy (non-hydrogen) atoms. The topological polar surface area (TPSA) is 20.3 Å². The summed E-state index contributed by atoms with van der Waals surface area (Å²) in [6.45, 7) is 4.33. The van der Waals surface area contributed by atoms with E-state index in [0.717, 1.165) is 37.2 Å². The third-order valence-electron chi connectivity index (χ3n) is 3.91. The minimum Gasteiger partial charge on any atom is -0.299 e. The molecule has 1 aliphatic rings. The Bertz CT molecular complexity index is 406. The fourth-order valence-electron chi connectivity index (χ4n) is 2.81. The molecule has 1 saturated heterocycles. The van der Waals surface area contributed by atoms with Crippen LogP contribution in [0, 0.1) is 5.92 Å². The number of hydrogen-bond donors (Lipinski definition) is 0. The van der Waals surface area contributed by atoms with Gasteiger partial charge in [-0.1, -0.05) is 30.3 Å². The van der Waals surface area contributed by atoms with Crippen molar-refractivity contribution in [2.24, 2.45) is 5.92 Å². The Balaban J connectivity index is 1.99. The molecule has 104 valence electrons. The van der Waals surface area contributed by atoms with Gasteiger partial charge >= 0.3 is 0 Å². The number of ketones is 1. The Morgan fingerprint density at radius 1 is 1.42 bits per heavy atom. The molecule has 1 fully saturated rings. The van der Waals surface area contributed by atoms with Crippen LogP contribution in [0.15, 0.2) is 30.3 Å². The molecule has 1 aliphatic heterocycles. The monoisotopic (exact) mass is 277 g/mol. The van der Waals surface area contributed by atoms with Gasteiger partial charge in [-0.3, -0.25) is 9.69 Å². The van der Waals surface area contributed by atoms with Gasteiger partial charge in [0.1, 0.15) is 0 Å². The number of rotatable bonds is 5. The summed E-state index contributed by atoms with van der Waals surface area (Å²) in [5.74, 6) is 1.65. The molecule has 0 N–H and O–H groups in total. The first-order valence-corrected chi connectivity index (χ1v) is 8.44.